The minimum atomic E-state index is 0.0303. The zero-order chi connectivity index (χ0) is 12.1. The minimum absolute atomic E-state index is 0.0303. The van der Waals surface area contributed by atoms with Crippen LogP contribution in [0.5, 0.6) is 0 Å². The number of morpholine rings is 1. The van der Waals surface area contributed by atoms with Gasteiger partial charge in [0.05, 0.1) is 19.3 Å². The largest absolute Gasteiger partial charge is 0.394 e. The van der Waals surface area contributed by atoms with Crippen LogP contribution in [0.15, 0.2) is 0 Å². The summed E-state index contributed by atoms with van der Waals surface area (Å²) < 4.78 is 5.49. The highest BCUT2D eigenvalue weighted by molar-refractivity contribution is 4.86. The minimum Gasteiger partial charge on any atom is -0.394 e. The van der Waals surface area contributed by atoms with E-state index in [4.69, 9.17) is 9.84 Å². The van der Waals surface area contributed by atoms with Gasteiger partial charge < -0.3 is 15.2 Å². The predicted octanol–water partition coefficient (Wildman–Crippen LogP) is 0.458. The fraction of sp³-hybridized carbons (Fsp3) is 1.00. The van der Waals surface area contributed by atoms with Crippen molar-refractivity contribution in [3.05, 3.63) is 0 Å². The first-order valence-corrected chi connectivity index (χ1v) is 7.01. The van der Waals surface area contributed by atoms with E-state index in [2.05, 4.69) is 17.1 Å². The Labute approximate surface area is 104 Å². The molecule has 0 aromatic rings. The molecule has 0 aromatic carbocycles. The van der Waals surface area contributed by atoms with E-state index in [9.17, 15) is 0 Å². The summed E-state index contributed by atoms with van der Waals surface area (Å²) in [5.74, 6) is 0.785. The molecule has 1 saturated carbocycles. The van der Waals surface area contributed by atoms with Crippen LogP contribution in [0.4, 0.5) is 0 Å². The summed E-state index contributed by atoms with van der Waals surface area (Å²) in [5, 5.41) is 12.7. The number of aliphatic hydroxyl groups excluding tert-OH is 1. The second-order valence-electron chi connectivity index (χ2n) is 5.29. The first-order chi connectivity index (χ1) is 8.33. The van der Waals surface area contributed by atoms with Gasteiger partial charge in [-0.15, -0.1) is 0 Å². The smallest absolute Gasteiger partial charge is 0.0932 e. The van der Waals surface area contributed by atoms with E-state index in [-0.39, 0.29) is 12.7 Å². The number of nitrogens with one attached hydrogen (secondary N) is 1. The van der Waals surface area contributed by atoms with Gasteiger partial charge in [0.15, 0.2) is 0 Å². The quantitative estimate of drug-likeness (QED) is 0.735. The van der Waals surface area contributed by atoms with Crippen molar-refractivity contribution in [1.29, 1.82) is 0 Å². The fourth-order valence-electron chi connectivity index (χ4n) is 3.17. The van der Waals surface area contributed by atoms with Crippen molar-refractivity contribution in [2.45, 2.75) is 38.3 Å². The molecule has 4 nitrogen and oxygen atoms in total. The van der Waals surface area contributed by atoms with E-state index in [1.165, 1.54) is 19.3 Å². The molecule has 0 amide bonds. The summed E-state index contributed by atoms with van der Waals surface area (Å²) >= 11 is 0. The fourth-order valence-corrected chi connectivity index (χ4v) is 3.17. The lowest BCUT2D eigenvalue weighted by molar-refractivity contribution is -0.0566. The van der Waals surface area contributed by atoms with Crippen molar-refractivity contribution in [2.24, 2.45) is 5.92 Å². The number of rotatable bonds is 5. The summed E-state index contributed by atoms with van der Waals surface area (Å²) in [7, 11) is 0. The van der Waals surface area contributed by atoms with Gasteiger partial charge in [-0.3, -0.25) is 4.90 Å². The molecule has 0 spiro atoms. The van der Waals surface area contributed by atoms with Crippen LogP contribution < -0.4 is 5.32 Å². The highest BCUT2D eigenvalue weighted by Crippen LogP contribution is 2.27. The monoisotopic (exact) mass is 242 g/mol. The SMILES string of the molecule is CCNC1CCCC1CN1CCOC(CO)C1. The Morgan fingerprint density at radius 3 is 3.06 bits per heavy atom. The Bertz CT molecular complexity index is 225. The molecule has 100 valence electrons. The molecule has 1 aliphatic heterocycles. The maximum Gasteiger partial charge on any atom is 0.0932 e. The summed E-state index contributed by atoms with van der Waals surface area (Å²) in [6, 6.07) is 0.704. The van der Waals surface area contributed by atoms with E-state index >= 15 is 0 Å². The van der Waals surface area contributed by atoms with Crippen LogP contribution in [0, 0.1) is 5.92 Å². The predicted molar refractivity (Wildman–Crippen MR) is 68.1 cm³/mol. The maximum atomic E-state index is 9.14. The molecular weight excluding hydrogens is 216 g/mol. The van der Waals surface area contributed by atoms with Gasteiger partial charge >= 0.3 is 0 Å². The Hall–Kier alpha value is -0.160. The number of hydrogen-bond donors (Lipinski definition) is 2. The third-order valence-corrected chi connectivity index (χ3v) is 4.04. The third kappa shape index (κ3) is 3.65. The van der Waals surface area contributed by atoms with Crippen molar-refractivity contribution >= 4 is 0 Å². The maximum absolute atomic E-state index is 9.14. The Kier molecular flexibility index (Phi) is 5.22. The van der Waals surface area contributed by atoms with Crippen LogP contribution in [0.3, 0.4) is 0 Å². The van der Waals surface area contributed by atoms with E-state index in [1.54, 1.807) is 0 Å². The molecule has 2 fully saturated rings. The van der Waals surface area contributed by atoms with Crippen molar-refractivity contribution in [2.75, 3.05) is 39.4 Å². The summed E-state index contributed by atoms with van der Waals surface area (Å²) in [4.78, 5) is 2.46. The van der Waals surface area contributed by atoms with Crippen LogP contribution >= 0.6 is 0 Å². The highest BCUT2D eigenvalue weighted by Gasteiger charge is 2.29. The lowest BCUT2D eigenvalue weighted by Gasteiger charge is -2.35. The van der Waals surface area contributed by atoms with Gasteiger partial charge in [0.2, 0.25) is 0 Å². The van der Waals surface area contributed by atoms with Gasteiger partial charge in [0, 0.05) is 25.7 Å². The third-order valence-electron chi connectivity index (χ3n) is 4.04. The van der Waals surface area contributed by atoms with Gasteiger partial charge in [-0.05, 0) is 25.3 Å². The lowest BCUT2D eigenvalue weighted by atomic mass is 10.0. The van der Waals surface area contributed by atoms with Crippen molar-refractivity contribution in [1.82, 2.24) is 10.2 Å². The molecule has 0 radical (unpaired) electrons. The average Bonchev–Trinajstić information content (AvgIpc) is 2.78. The Morgan fingerprint density at radius 1 is 1.41 bits per heavy atom. The van der Waals surface area contributed by atoms with E-state index in [0.717, 1.165) is 38.7 Å². The Morgan fingerprint density at radius 2 is 2.29 bits per heavy atom. The van der Waals surface area contributed by atoms with Crippen LogP contribution in [-0.2, 0) is 4.74 Å². The molecule has 4 heteroatoms. The zero-order valence-corrected chi connectivity index (χ0v) is 10.9. The van der Waals surface area contributed by atoms with Crippen LogP contribution in [-0.4, -0.2) is 61.5 Å². The number of nitrogens with zero attached hydrogens (tertiary/aromatic N) is 1. The lowest BCUT2D eigenvalue weighted by Crippen LogP contribution is -2.47. The van der Waals surface area contributed by atoms with Gasteiger partial charge in [-0.25, -0.2) is 0 Å². The first kappa shape index (κ1) is 13.3. The number of hydrogen-bond acceptors (Lipinski definition) is 4. The molecule has 0 bridgehead atoms. The highest BCUT2D eigenvalue weighted by atomic mass is 16.5. The van der Waals surface area contributed by atoms with Crippen molar-refractivity contribution < 1.29 is 9.84 Å². The molecule has 1 saturated heterocycles. The normalized spacial score (nSPS) is 35.3. The molecular formula is C13H26N2O2. The number of ether oxygens (including phenoxy) is 1. The van der Waals surface area contributed by atoms with Crippen LogP contribution in [0.2, 0.25) is 0 Å². The molecule has 1 heterocycles. The molecule has 1 aliphatic carbocycles. The molecule has 0 aromatic heterocycles. The van der Waals surface area contributed by atoms with Crippen LogP contribution in [0.1, 0.15) is 26.2 Å². The van der Waals surface area contributed by atoms with E-state index in [0.29, 0.717) is 6.04 Å². The standard InChI is InChI=1S/C13H26N2O2/c1-2-14-13-5-3-4-11(13)8-15-6-7-17-12(9-15)10-16/h11-14,16H,2-10H2,1H3. The Balaban J connectivity index is 1.79. The topological polar surface area (TPSA) is 44.7 Å². The van der Waals surface area contributed by atoms with Crippen LogP contribution in [0.25, 0.3) is 0 Å². The number of aliphatic hydroxyl groups is 1. The molecule has 3 atom stereocenters. The van der Waals surface area contributed by atoms with E-state index in [1.807, 2.05) is 0 Å². The molecule has 2 rings (SSSR count). The first-order valence-electron chi connectivity index (χ1n) is 7.01. The average molecular weight is 242 g/mol. The van der Waals surface area contributed by atoms with Gasteiger partial charge in [-0.1, -0.05) is 13.3 Å². The summed E-state index contributed by atoms with van der Waals surface area (Å²) in [6.45, 7) is 7.26. The molecule has 17 heavy (non-hydrogen) atoms. The molecule has 3 unspecified atom stereocenters. The summed E-state index contributed by atoms with van der Waals surface area (Å²) in [5.41, 5.74) is 0. The zero-order valence-electron chi connectivity index (χ0n) is 10.9. The second-order valence-corrected chi connectivity index (χ2v) is 5.29. The van der Waals surface area contributed by atoms with E-state index < -0.39 is 0 Å². The van der Waals surface area contributed by atoms with Gasteiger partial charge in [-0.2, -0.15) is 0 Å². The van der Waals surface area contributed by atoms with Gasteiger partial charge in [0.25, 0.3) is 0 Å². The summed E-state index contributed by atoms with van der Waals surface area (Å²) in [6.07, 6.45) is 4.06. The van der Waals surface area contributed by atoms with Crippen molar-refractivity contribution in [3.63, 3.8) is 0 Å². The van der Waals surface area contributed by atoms with Crippen molar-refractivity contribution in [3.8, 4) is 0 Å². The molecule has 2 N–H and O–H groups in total. The molecule has 2 aliphatic rings. The van der Waals surface area contributed by atoms with Gasteiger partial charge in [0.1, 0.15) is 0 Å². The second kappa shape index (κ2) is 6.69.